The summed E-state index contributed by atoms with van der Waals surface area (Å²) < 4.78 is 12.1. The van der Waals surface area contributed by atoms with Crippen molar-refractivity contribution >= 4 is 56.8 Å². The summed E-state index contributed by atoms with van der Waals surface area (Å²) in [4.78, 5) is 38.2. The van der Waals surface area contributed by atoms with Gasteiger partial charge >= 0.3 is 0 Å². The highest BCUT2D eigenvalue weighted by atomic mass is 79.9. The topological polar surface area (TPSA) is 102 Å². The highest BCUT2D eigenvalue weighted by molar-refractivity contribution is 9.10. The average Bonchev–Trinajstić information content (AvgIpc) is 2.80. The molecule has 172 valence electrons. The molecule has 2 aromatic rings. The van der Waals surface area contributed by atoms with E-state index in [4.69, 9.17) is 21.7 Å². The molecule has 2 aromatic carbocycles. The van der Waals surface area contributed by atoms with E-state index in [9.17, 15) is 19.7 Å². The molecule has 11 heteroatoms. The Balaban J connectivity index is 1.93. The Bertz CT molecular complexity index is 1160. The predicted molar refractivity (Wildman–Crippen MR) is 129 cm³/mol. The van der Waals surface area contributed by atoms with Crippen LogP contribution in [0, 0.1) is 10.1 Å². The Kier molecular flexibility index (Phi) is 7.44. The summed E-state index contributed by atoms with van der Waals surface area (Å²) >= 11 is 8.57. The zero-order valence-electron chi connectivity index (χ0n) is 18.0. The van der Waals surface area contributed by atoms with Crippen molar-refractivity contribution in [3.63, 3.8) is 0 Å². The number of thiocarbonyl (C=S) groups is 1. The van der Waals surface area contributed by atoms with Crippen LogP contribution in [0.3, 0.4) is 0 Å². The Morgan fingerprint density at radius 1 is 1.09 bits per heavy atom. The van der Waals surface area contributed by atoms with Gasteiger partial charge in [-0.25, -0.2) is 0 Å². The first kappa shape index (κ1) is 24.3. The van der Waals surface area contributed by atoms with Gasteiger partial charge in [-0.15, -0.1) is 0 Å². The molecule has 0 bridgehead atoms. The van der Waals surface area contributed by atoms with Crippen LogP contribution in [0.4, 0.5) is 5.69 Å². The van der Waals surface area contributed by atoms with Crippen molar-refractivity contribution in [2.24, 2.45) is 0 Å². The first-order valence-corrected chi connectivity index (χ1v) is 11.0. The summed E-state index contributed by atoms with van der Waals surface area (Å²) in [5, 5.41) is 11.1. The molecule has 9 nitrogen and oxygen atoms in total. The van der Waals surface area contributed by atoms with Crippen LogP contribution >= 0.6 is 28.1 Å². The molecular formula is C22H20BrN3O6S. The summed E-state index contributed by atoms with van der Waals surface area (Å²) in [7, 11) is 3.01. The Labute approximate surface area is 203 Å². The fourth-order valence-electron chi connectivity index (χ4n) is 3.09. The molecule has 0 aliphatic carbocycles. The molecule has 0 unspecified atom stereocenters. The van der Waals surface area contributed by atoms with E-state index in [1.807, 2.05) is 6.92 Å². The maximum absolute atomic E-state index is 12.6. The first-order chi connectivity index (χ1) is 15.6. The van der Waals surface area contributed by atoms with Crippen molar-refractivity contribution in [1.29, 1.82) is 0 Å². The molecule has 1 heterocycles. The van der Waals surface area contributed by atoms with Gasteiger partial charge in [0, 0.05) is 30.7 Å². The monoisotopic (exact) mass is 533 g/mol. The average molecular weight is 534 g/mol. The normalized spacial score (nSPS) is 13.9. The SMILES string of the molecule is CCOc1cc(C=C2C(=O)N(C)C(=S)N(C)C2=O)c(Br)cc1OCc1cccc([N+](=O)[O-])c1. The Morgan fingerprint density at radius 3 is 2.33 bits per heavy atom. The molecule has 0 saturated carbocycles. The van der Waals surface area contributed by atoms with Gasteiger partial charge in [0.25, 0.3) is 17.5 Å². The fourth-order valence-corrected chi connectivity index (χ4v) is 3.70. The van der Waals surface area contributed by atoms with Gasteiger partial charge in [0.05, 0.1) is 11.5 Å². The minimum atomic E-state index is -0.501. The molecule has 0 radical (unpaired) electrons. The fraction of sp³-hybridized carbons (Fsp3) is 0.227. The van der Waals surface area contributed by atoms with Gasteiger partial charge < -0.3 is 9.47 Å². The van der Waals surface area contributed by atoms with E-state index in [0.717, 1.165) is 0 Å². The van der Waals surface area contributed by atoms with Gasteiger partial charge in [0.2, 0.25) is 0 Å². The summed E-state index contributed by atoms with van der Waals surface area (Å²) in [5.41, 5.74) is 1.09. The number of likely N-dealkylation sites (N-methyl/N-ethyl adjacent to an activating group) is 2. The molecule has 0 spiro atoms. The van der Waals surface area contributed by atoms with Crippen LogP contribution in [0.2, 0.25) is 0 Å². The lowest BCUT2D eigenvalue weighted by Gasteiger charge is -2.31. The van der Waals surface area contributed by atoms with Crippen molar-refractivity contribution < 1.29 is 24.0 Å². The Morgan fingerprint density at radius 2 is 1.73 bits per heavy atom. The van der Waals surface area contributed by atoms with Crippen molar-refractivity contribution in [3.05, 3.63) is 67.7 Å². The third-order valence-electron chi connectivity index (χ3n) is 4.82. The molecule has 0 N–H and O–H groups in total. The number of hydrogen-bond donors (Lipinski definition) is 0. The van der Waals surface area contributed by atoms with Crippen molar-refractivity contribution in [2.75, 3.05) is 20.7 Å². The quantitative estimate of drug-likeness (QED) is 0.174. The van der Waals surface area contributed by atoms with Crippen molar-refractivity contribution in [2.45, 2.75) is 13.5 Å². The first-order valence-electron chi connectivity index (χ1n) is 9.78. The number of benzene rings is 2. The van der Waals surface area contributed by atoms with Crippen LogP contribution in [0.1, 0.15) is 18.1 Å². The standard InChI is InChI=1S/C22H20BrN3O6S/c1-4-31-18-10-14(9-16-20(27)24(2)22(33)25(3)21(16)28)17(23)11-19(18)32-12-13-6-5-7-15(8-13)26(29)30/h5-11H,4,12H2,1-3H3. The third-order valence-corrected chi connectivity index (χ3v) is 6.06. The number of amides is 2. The van der Waals surface area contributed by atoms with Gasteiger partial charge in [-0.1, -0.05) is 28.1 Å². The zero-order valence-corrected chi connectivity index (χ0v) is 20.4. The number of rotatable bonds is 7. The number of nitro benzene ring substituents is 1. The van der Waals surface area contributed by atoms with Gasteiger partial charge in [0.15, 0.2) is 16.6 Å². The summed E-state index contributed by atoms with van der Waals surface area (Å²) in [6.07, 6.45) is 1.47. The summed E-state index contributed by atoms with van der Waals surface area (Å²) in [6, 6.07) is 9.46. The molecule has 1 saturated heterocycles. The molecule has 0 aromatic heterocycles. The zero-order chi connectivity index (χ0) is 24.3. The van der Waals surface area contributed by atoms with Crippen molar-refractivity contribution in [1.82, 2.24) is 9.80 Å². The van der Waals surface area contributed by atoms with Gasteiger partial charge in [-0.2, -0.15) is 0 Å². The van der Waals surface area contributed by atoms with Crippen molar-refractivity contribution in [3.8, 4) is 11.5 Å². The van der Waals surface area contributed by atoms with Gasteiger partial charge in [-0.05, 0) is 48.5 Å². The maximum Gasteiger partial charge on any atom is 0.269 e. The molecule has 1 aliphatic heterocycles. The van der Waals surface area contributed by atoms with E-state index in [2.05, 4.69) is 15.9 Å². The molecule has 3 rings (SSSR count). The van der Waals surface area contributed by atoms with Crippen LogP contribution in [0.5, 0.6) is 11.5 Å². The number of halogens is 1. The second-order valence-electron chi connectivity index (χ2n) is 7.04. The van der Waals surface area contributed by atoms with E-state index in [-0.39, 0.29) is 23.0 Å². The smallest absolute Gasteiger partial charge is 0.269 e. The predicted octanol–water partition coefficient (Wildman–Crippen LogP) is 3.93. The molecule has 33 heavy (non-hydrogen) atoms. The minimum absolute atomic E-state index is 0.0273. The molecule has 0 atom stereocenters. The van der Waals surface area contributed by atoms with Gasteiger partial charge in [0.1, 0.15) is 12.2 Å². The van der Waals surface area contributed by atoms with Crippen LogP contribution in [0.25, 0.3) is 6.08 Å². The second-order valence-corrected chi connectivity index (χ2v) is 8.26. The van der Waals surface area contributed by atoms with E-state index in [0.29, 0.717) is 33.7 Å². The lowest BCUT2D eigenvalue weighted by molar-refractivity contribution is -0.384. The van der Waals surface area contributed by atoms with E-state index in [1.54, 1.807) is 24.3 Å². The number of nitrogens with zero attached hydrogens (tertiary/aromatic N) is 3. The highest BCUT2D eigenvalue weighted by Crippen LogP contribution is 2.36. The number of carbonyl (C=O) groups is 2. The maximum atomic E-state index is 12.6. The number of hydrogen-bond acceptors (Lipinski definition) is 7. The van der Waals surface area contributed by atoms with Crippen LogP contribution in [0.15, 0.2) is 46.4 Å². The molecule has 1 fully saturated rings. The lowest BCUT2D eigenvalue weighted by Crippen LogP contribution is -2.52. The van der Waals surface area contributed by atoms with Gasteiger partial charge in [-0.3, -0.25) is 29.5 Å². The highest BCUT2D eigenvalue weighted by Gasteiger charge is 2.35. The molecule has 1 aliphatic rings. The lowest BCUT2D eigenvalue weighted by atomic mass is 10.1. The number of carbonyl (C=O) groups excluding carboxylic acids is 2. The molecule has 2 amide bonds. The third kappa shape index (κ3) is 5.20. The minimum Gasteiger partial charge on any atom is -0.490 e. The second kappa shape index (κ2) is 10.1. The number of ether oxygens (including phenoxy) is 2. The Hall–Kier alpha value is -3.31. The van der Waals surface area contributed by atoms with E-state index < -0.39 is 16.7 Å². The van der Waals surface area contributed by atoms with Crippen LogP contribution < -0.4 is 9.47 Å². The molecular weight excluding hydrogens is 514 g/mol. The summed E-state index contributed by atoms with van der Waals surface area (Å²) in [5.74, 6) is -0.210. The summed E-state index contributed by atoms with van der Waals surface area (Å²) in [6.45, 7) is 2.24. The number of nitro groups is 1. The van der Waals surface area contributed by atoms with Crippen LogP contribution in [-0.4, -0.2) is 52.4 Å². The van der Waals surface area contributed by atoms with E-state index >= 15 is 0 Å². The van der Waals surface area contributed by atoms with E-state index in [1.165, 1.54) is 42.1 Å². The number of non-ortho nitro benzene ring substituents is 1. The van der Waals surface area contributed by atoms with Crippen LogP contribution in [-0.2, 0) is 16.2 Å². The largest absolute Gasteiger partial charge is 0.490 e.